The van der Waals surface area contributed by atoms with Gasteiger partial charge in [0.1, 0.15) is 0 Å². The molecule has 0 saturated carbocycles. The lowest BCUT2D eigenvalue weighted by Crippen LogP contribution is -2.18. The number of anilines is 4. The van der Waals surface area contributed by atoms with Gasteiger partial charge in [-0.2, -0.15) is 0 Å². The molecule has 4 rings (SSSR count). The van der Waals surface area contributed by atoms with Gasteiger partial charge >= 0.3 is 0 Å². The van der Waals surface area contributed by atoms with Crippen LogP contribution >= 0.6 is 0 Å². The van der Waals surface area contributed by atoms with Crippen molar-refractivity contribution in [1.29, 1.82) is 0 Å². The molecule has 2 aromatic carbocycles. The van der Waals surface area contributed by atoms with Crippen LogP contribution in [0.3, 0.4) is 0 Å². The Kier molecular flexibility index (Phi) is 5.19. The molecule has 0 unspecified atom stereocenters. The van der Waals surface area contributed by atoms with Crippen LogP contribution in [-0.4, -0.2) is 29.2 Å². The fourth-order valence-electron chi connectivity index (χ4n) is 3.32. The topological polar surface area (TPSA) is 70.2 Å². The maximum Gasteiger partial charge on any atom is 0.276 e. The average Bonchev–Trinajstić information content (AvgIpc) is 3.24. The minimum absolute atomic E-state index is 0.275. The molecule has 2 heterocycles. The summed E-state index contributed by atoms with van der Waals surface area (Å²) >= 11 is 0. The molecular formula is C22H23N5O. The molecule has 142 valence electrons. The highest BCUT2D eigenvalue weighted by Crippen LogP contribution is 2.22. The number of nitrogens with zero attached hydrogens (tertiary/aromatic N) is 3. The third kappa shape index (κ3) is 4.28. The van der Waals surface area contributed by atoms with Crippen molar-refractivity contribution < 1.29 is 4.79 Å². The number of benzene rings is 2. The SMILES string of the molecule is Cc1cccc(Nc2ccc(C(=O)Nc3ccc(N4CCCC4)cc3)nn2)c1. The van der Waals surface area contributed by atoms with E-state index >= 15 is 0 Å². The van der Waals surface area contributed by atoms with Gasteiger partial charge in [-0.05, 0) is 73.9 Å². The Morgan fingerprint density at radius 3 is 2.39 bits per heavy atom. The van der Waals surface area contributed by atoms with Crippen LogP contribution in [0.25, 0.3) is 0 Å². The molecule has 6 nitrogen and oxygen atoms in total. The van der Waals surface area contributed by atoms with Gasteiger partial charge in [0.15, 0.2) is 11.5 Å². The minimum atomic E-state index is -0.275. The number of amides is 1. The lowest BCUT2D eigenvalue weighted by molar-refractivity contribution is 0.102. The first-order valence-electron chi connectivity index (χ1n) is 9.51. The van der Waals surface area contributed by atoms with E-state index in [-0.39, 0.29) is 11.6 Å². The highest BCUT2D eigenvalue weighted by Gasteiger charge is 2.13. The van der Waals surface area contributed by atoms with E-state index in [2.05, 4.69) is 25.7 Å². The molecule has 1 aromatic heterocycles. The Morgan fingerprint density at radius 1 is 0.929 bits per heavy atom. The van der Waals surface area contributed by atoms with E-state index < -0.39 is 0 Å². The maximum absolute atomic E-state index is 12.4. The third-order valence-corrected chi connectivity index (χ3v) is 4.78. The van der Waals surface area contributed by atoms with Crippen LogP contribution in [0.15, 0.2) is 60.7 Å². The normalized spacial score (nSPS) is 13.4. The van der Waals surface area contributed by atoms with Gasteiger partial charge in [-0.3, -0.25) is 4.79 Å². The second-order valence-corrected chi connectivity index (χ2v) is 6.99. The van der Waals surface area contributed by atoms with Crippen LogP contribution < -0.4 is 15.5 Å². The smallest absolute Gasteiger partial charge is 0.276 e. The van der Waals surface area contributed by atoms with Crippen molar-refractivity contribution in [3.05, 3.63) is 71.9 Å². The van der Waals surface area contributed by atoms with E-state index in [1.807, 2.05) is 55.5 Å². The Bertz CT molecular complexity index is 947. The molecule has 1 fully saturated rings. The summed E-state index contributed by atoms with van der Waals surface area (Å²) in [4.78, 5) is 14.8. The quantitative estimate of drug-likeness (QED) is 0.694. The first kappa shape index (κ1) is 18.0. The number of hydrogen-bond acceptors (Lipinski definition) is 5. The van der Waals surface area contributed by atoms with Gasteiger partial charge in [0.2, 0.25) is 0 Å². The molecule has 1 aliphatic heterocycles. The van der Waals surface area contributed by atoms with Crippen molar-refractivity contribution in [3.63, 3.8) is 0 Å². The van der Waals surface area contributed by atoms with Crippen LogP contribution in [-0.2, 0) is 0 Å². The van der Waals surface area contributed by atoms with E-state index in [0.717, 1.165) is 30.0 Å². The molecular weight excluding hydrogens is 350 g/mol. The highest BCUT2D eigenvalue weighted by atomic mass is 16.1. The minimum Gasteiger partial charge on any atom is -0.372 e. The summed E-state index contributed by atoms with van der Waals surface area (Å²) in [6, 6.07) is 19.3. The first-order chi connectivity index (χ1) is 13.7. The van der Waals surface area contributed by atoms with Crippen LogP contribution in [0.1, 0.15) is 28.9 Å². The molecule has 0 atom stereocenters. The van der Waals surface area contributed by atoms with Gasteiger partial charge < -0.3 is 15.5 Å². The van der Waals surface area contributed by atoms with Gasteiger partial charge in [-0.15, -0.1) is 10.2 Å². The van der Waals surface area contributed by atoms with Gasteiger partial charge in [0, 0.05) is 30.2 Å². The lowest BCUT2D eigenvalue weighted by atomic mass is 10.2. The third-order valence-electron chi connectivity index (χ3n) is 4.78. The molecule has 0 radical (unpaired) electrons. The Labute approximate surface area is 164 Å². The van der Waals surface area contributed by atoms with Crippen molar-refractivity contribution in [3.8, 4) is 0 Å². The number of aryl methyl sites for hydroxylation is 1. The van der Waals surface area contributed by atoms with Crippen LogP contribution in [0, 0.1) is 6.92 Å². The second kappa shape index (κ2) is 8.08. The van der Waals surface area contributed by atoms with Gasteiger partial charge in [-0.1, -0.05) is 12.1 Å². The van der Waals surface area contributed by atoms with E-state index in [4.69, 9.17) is 0 Å². The van der Waals surface area contributed by atoms with E-state index in [1.54, 1.807) is 12.1 Å². The zero-order valence-electron chi connectivity index (χ0n) is 15.9. The van der Waals surface area contributed by atoms with Gasteiger partial charge in [0.25, 0.3) is 5.91 Å². The number of carbonyl (C=O) groups excluding carboxylic acids is 1. The zero-order valence-corrected chi connectivity index (χ0v) is 15.9. The number of hydrogen-bond donors (Lipinski definition) is 2. The van der Waals surface area contributed by atoms with E-state index in [9.17, 15) is 4.79 Å². The van der Waals surface area contributed by atoms with E-state index in [0.29, 0.717) is 5.82 Å². The molecule has 6 heteroatoms. The number of carbonyl (C=O) groups is 1. The molecule has 2 N–H and O–H groups in total. The Balaban J connectivity index is 1.38. The summed E-state index contributed by atoms with van der Waals surface area (Å²) in [5.74, 6) is 0.320. The molecule has 28 heavy (non-hydrogen) atoms. The van der Waals surface area contributed by atoms with Gasteiger partial charge in [-0.25, -0.2) is 0 Å². The predicted molar refractivity (Wildman–Crippen MR) is 112 cm³/mol. The Hall–Kier alpha value is -3.41. The summed E-state index contributed by atoms with van der Waals surface area (Å²) in [6.07, 6.45) is 2.48. The maximum atomic E-state index is 12.4. The first-order valence-corrected chi connectivity index (χ1v) is 9.51. The summed E-state index contributed by atoms with van der Waals surface area (Å²) in [7, 11) is 0. The van der Waals surface area contributed by atoms with Crippen LogP contribution in [0.2, 0.25) is 0 Å². The largest absolute Gasteiger partial charge is 0.372 e. The predicted octanol–water partition coefficient (Wildman–Crippen LogP) is 4.38. The molecule has 0 spiro atoms. The molecule has 0 aliphatic carbocycles. The summed E-state index contributed by atoms with van der Waals surface area (Å²) in [5, 5.41) is 14.2. The van der Waals surface area contributed by atoms with Crippen LogP contribution in [0.5, 0.6) is 0 Å². The zero-order chi connectivity index (χ0) is 19.3. The highest BCUT2D eigenvalue weighted by molar-refractivity contribution is 6.02. The number of nitrogens with one attached hydrogen (secondary N) is 2. The molecule has 1 aliphatic rings. The number of aromatic nitrogens is 2. The number of rotatable bonds is 5. The average molecular weight is 373 g/mol. The molecule has 1 amide bonds. The lowest BCUT2D eigenvalue weighted by Gasteiger charge is -2.17. The summed E-state index contributed by atoms with van der Waals surface area (Å²) in [5.41, 5.74) is 4.31. The Morgan fingerprint density at radius 2 is 1.71 bits per heavy atom. The molecule has 0 bridgehead atoms. The van der Waals surface area contributed by atoms with Crippen LogP contribution in [0.4, 0.5) is 22.9 Å². The van der Waals surface area contributed by atoms with Crippen molar-refractivity contribution in [1.82, 2.24) is 10.2 Å². The second-order valence-electron chi connectivity index (χ2n) is 6.99. The monoisotopic (exact) mass is 373 g/mol. The van der Waals surface area contributed by atoms with Crippen molar-refractivity contribution in [2.75, 3.05) is 28.6 Å². The fraction of sp³-hybridized carbons (Fsp3) is 0.227. The fourth-order valence-corrected chi connectivity index (χ4v) is 3.32. The van der Waals surface area contributed by atoms with Gasteiger partial charge in [0.05, 0.1) is 0 Å². The van der Waals surface area contributed by atoms with Crippen molar-refractivity contribution in [2.24, 2.45) is 0 Å². The molecule has 3 aromatic rings. The molecule has 1 saturated heterocycles. The van der Waals surface area contributed by atoms with E-state index in [1.165, 1.54) is 18.5 Å². The van der Waals surface area contributed by atoms with Crippen molar-refractivity contribution in [2.45, 2.75) is 19.8 Å². The standard InChI is InChI=1S/C22H23N5O/c1-16-5-4-6-18(15-16)23-21-12-11-20(25-26-21)22(28)24-17-7-9-19(10-8-17)27-13-2-3-14-27/h4-12,15H,2-3,13-14H2,1H3,(H,23,26)(H,24,28). The van der Waals surface area contributed by atoms with Crippen molar-refractivity contribution >= 4 is 28.8 Å². The summed E-state index contributed by atoms with van der Waals surface area (Å²) < 4.78 is 0. The summed E-state index contributed by atoms with van der Waals surface area (Å²) in [6.45, 7) is 4.23.